The van der Waals surface area contributed by atoms with Gasteiger partial charge >= 0.3 is 5.97 Å². The van der Waals surface area contributed by atoms with Crippen molar-refractivity contribution in [1.82, 2.24) is 4.90 Å². The third-order valence-corrected chi connectivity index (χ3v) is 2.93. The highest BCUT2D eigenvalue weighted by molar-refractivity contribution is 5.73. The molecule has 0 aromatic heterocycles. The van der Waals surface area contributed by atoms with Gasteiger partial charge in [0, 0.05) is 12.1 Å². The molecule has 0 heterocycles. The molecule has 5 nitrogen and oxygen atoms in total. The zero-order valence-corrected chi connectivity index (χ0v) is 10.9. The molecule has 5 heteroatoms. The molecule has 0 bridgehead atoms. The monoisotopic (exact) mass is 253 g/mol. The van der Waals surface area contributed by atoms with Gasteiger partial charge in [-0.2, -0.15) is 0 Å². The van der Waals surface area contributed by atoms with Crippen LogP contribution in [0.15, 0.2) is 18.2 Å². The Hall–Kier alpha value is -1.75. The van der Waals surface area contributed by atoms with Crippen LogP contribution >= 0.6 is 0 Å². The Morgan fingerprint density at radius 2 is 2.17 bits per heavy atom. The topological polar surface area (TPSA) is 70.0 Å². The Balaban J connectivity index is 2.87. The number of methoxy groups -OCH3 is 1. The molecule has 1 rings (SSSR count). The van der Waals surface area contributed by atoms with Crippen LogP contribution in [0, 0.1) is 0 Å². The molecule has 0 radical (unpaired) electrons. The Labute approximate surface area is 107 Å². The first-order valence-corrected chi connectivity index (χ1v) is 5.79. The van der Waals surface area contributed by atoms with Crippen LogP contribution in [0.1, 0.15) is 18.9 Å². The predicted octanol–water partition coefficient (Wildman–Crippen LogP) is 1.70. The highest BCUT2D eigenvalue weighted by atomic mass is 16.5. The summed E-state index contributed by atoms with van der Waals surface area (Å²) in [6.45, 7) is 2.18. The first-order chi connectivity index (χ1) is 8.51. The largest absolute Gasteiger partial charge is 0.504 e. The van der Waals surface area contributed by atoms with Gasteiger partial charge in [0.05, 0.1) is 7.11 Å². The Kier molecular flexibility index (Phi) is 4.97. The van der Waals surface area contributed by atoms with E-state index in [1.165, 1.54) is 7.11 Å². The Morgan fingerprint density at radius 3 is 2.67 bits per heavy atom. The smallest absolute Gasteiger partial charge is 0.320 e. The lowest BCUT2D eigenvalue weighted by Crippen LogP contribution is -2.37. The van der Waals surface area contributed by atoms with E-state index in [0.29, 0.717) is 24.3 Å². The molecular weight excluding hydrogens is 234 g/mol. The third-order valence-electron chi connectivity index (χ3n) is 2.93. The normalized spacial score (nSPS) is 12.4. The maximum absolute atomic E-state index is 11.0. The molecule has 1 atom stereocenters. The average Bonchev–Trinajstić information content (AvgIpc) is 2.32. The zero-order chi connectivity index (χ0) is 13.7. The summed E-state index contributed by atoms with van der Waals surface area (Å²) in [5.74, 6) is -0.404. The number of phenolic OH excluding ortho intramolecular Hbond substituents is 1. The molecule has 0 aliphatic carbocycles. The van der Waals surface area contributed by atoms with E-state index in [2.05, 4.69) is 0 Å². The maximum Gasteiger partial charge on any atom is 0.320 e. The van der Waals surface area contributed by atoms with Crippen LogP contribution in [-0.2, 0) is 11.3 Å². The number of carboxylic acids is 1. The van der Waals surface area contributed by atoms with Gasteiger partial charge in [0.1, 0.15) is 6.04 Å². The van der Waals surface area contributed by atoms with Crippen molar-refractivity contribution in [3.05, 3.63) is 23.8 Å². The molecule has 0 saturated carbocycles. The minimum atomic E-state index is -0.859. The molecule has 1 aromatic carbocycles. The van der Waals surface area contributed by atoms with E-state index in [1.807, 2.05) is 6.92 Å². The fourth-order valence-electron chi connectivity index (χ4n) is 1.91. The number of nitrogens with zero attached hydrogens (tertiary/aromatic N) is 1. The van der Waals surface area contributed by atoms with Crippen LogP contribution in [0.2, 0.25) is 0 Å². The number of phenols is 1. The van der Waals surface area contributed by atoms with Crippen LogP contribution in [0.25, 0.3) is 0 Å². The second kappa shape index (κ2) is 6.26. The highest BCUT2D eigenvalue weighted by Gasteiger charge is 2.21. The Morgan fingerprint density at radius 1 is 1.50 bits per heavy atom. The number of benzene rings is 1. The summed E-state index contributed by atoms with van der Waals surface area (Å²) >= 11 is 0. The van der Waals surface area contributed by atoms with E-state index in [-0.39, 0.29) is 5.75 Å². The number of aromatic hydroxyl groups is 1. The van der Waals surface area contributed by atoms with Gasteiger partial charge in [0.2, 0.25) is 0 Å². The molecule has 0 aliphatic rings. The van der Waals surface area contributed by atoms with E-state index in [0.717, 1.165) is 0 Å². The second-order valence-electron chi connectivity index (χ2n) is 4.15. The van der Waals surface area contributed by atoms with Crippen molar-refractivity contribution in [2.75, 3.05) is 14.2 Å². The van der Waals surface area contributed by atoms with Gasteiger partial charge in [0.15, 0.2) is 11.5 Å². The van der Waals surface area contributed by atoms with E-state index >= 15 is 0 Å². The third kappa shape index (κ3) is 3.13. The molecule has 0 saturated heterocycles. The lowest BCUT2D eigenvalue weighted by Gasteiger charge is -2.24. The molecule has 1 unspecified atom stereocenters. The summed E-state index contributed by atoms with van der Waals surface area (Å²) in [5.41, 5.74) is 0.650. The summed E-state index contributed by atoms with van der Waals surface area (Å²) in [4.78, 5) is 12.7. The molecule has 2 N–H and O–H groups in total. The van der Waals surface area contributed by atoms with Gasteiger partial charge in [-0.1, -0.05) is 19.1 Å². The molecule has 18 heavy (non-hydrogen) atoms. The van der Waals surface area contributed by atoms with E-state index in [9.17, 15) is 9.90 Å². The molecule has 100 valence electrons. The fourth-order valence-corrected chi connectivity index (χ4v) is 1.91. The summed E-state index contributed by atoms with van der Waals surface area (Å²) in [6, 6.07) is 4.62. The van der Waals surface area contributed by atoms with Crippen LogP contribution in [0.4, 0.5) is 0 Å². The number of para-hydroxylation sites is 1. The SMILES string of the molecule is CCC(C(=O)O)N(C)Cc1cccc(OC)c1O. The Bertz CT molecular complexity index is 419. The summed E-state index contributed by atoms with van der Waals surface area (Å²) in [7, 11) is 3.20. The van der Waals surface area contributed by atoms with E-state index < -0.39 is 12.0 Å². The lowest BCUT2D eigenvalue weighted by atomic mass is 10.1. The van der Waals surface area contributed by atoms with Crippen molar-refractivity contribution in [3.8, 4) is 11.5 Å². The van der Waals surface area contributed by atoms with Crippen molar-refractivity contribution in [2.45, 2.75) is 25.9 Å². The number of hydrogen-bond acceptors (Lipinski definition) is 4. The molecule has 0 spiro atoms. The number of aliphatic carboxylic acids is 1. The van der Waals surface area contributed by atoms with E-state index in [4.69, 9.17) is 9.84 Å². The highest BCUT2D eigenvalue weighted by Crippen LogP contribution is 2.30. The standard InChI is InChI=1S/C13H19NO4/c1-4-10(13(16)17)14(2)8-9-6-5-7-11(18-3)12(9)15/h5-7,10,15H,4,8H2,1-3H3,(H,16,17). The lowest BCUT2D eigenvalue weighted by molar-refractivity contribution is -0.143. The van der Waals surface area contributed by atoms with Crippen LogP contribution < -0.4 is 4.74 Å². The van der Waals surface area contributed by atoms with Gasteiger partial charge in [-0.05, 0) is 19.5 Å². The van der Waals surface area contributed by atoms with Crippen LogP contribution in [-0.4, -0.2) is 41.3 Å². The first kappa shape index (κ1) is 14.3. The molecule has 0 amide bonds. The molecule has 0 aliphatic heterocycles. The van der Waals surface area contributed by atoms with Crippen molar-refractivity contribution in [1.29, 1.82) is 0 Å². The summed E-state index contributed by atoms with van der Waals surface area (Å²) in [5, 5.41) is 19.0. The van der Waals surface area contributed by atoms with Gasteiger partial charge in [-0.15, -0.1) is 0 Å². The first-order valence-electron chi connectivity index (χ1n) is 5.79. The molecular formula is C13H19NO4. The van der Waals surface area contributed by atoms with Gasteiger partial charge < -0.3 is 14.9 Å². The van der Waals surface area contributed by atoms with Gasteiger partial charge in [-0.3, -0.25) is 9.69 Å². The van der Waals surface area contributed by atoms with Gasteiger partial charge in [0.25, 0.3) is 0 Å². The van der Waals surface area contributed by atoms with Crippen molar-refractivity contribution < 1.29 is 19.7 Å². The minimum Gasteiger partial charge on any atom is -0.504 e. The number of rotatable bonds is 6. The number of carboxylic acid groups (broad SMARTS) is 1. The number of ether oxygens (including phenoxy) is 1. The maximum atomic E-state index is 11.0. The van der Waals surface area contributed by atoms with Crippen LogP contribution in [0.3, 0.4) is 0 Å². The molecule has 0 fully saturated rings. The minimum absolute atomic E-state index is 0.0621. The summed E-state index contributed by atoms with van der Waals surface area (Å²) in [6.07, 6.45) is 0.510. The van der Waals surface area contributed by atoms with Crippen molar-refractivity contribution >= 4 is 5.97 Å². The number of hydrogen-bond donors (Lipinski definition) is 2. The predicted molar refractivity (Wildman–Crippen MR) is 67.8 cm³/mol. The quantitative estimate of drug-likeness (QED) is 0.807. The summed E-state index contributed by atoms with van der Waals surface area (Å²) < 4.78 is 5.02. The molecule has 1 aromatic rings. The van der Waals surface area contributed by atoms with Gasteiger partial charge in [-0.25, -0.2) is 0 Å². The van der Waals surface area contributed by atoms with E-state index in [1.54, 1.807) is 30.1 Å². The van der Waals surface area contributed by atoms with Crippen LogP contribution in [0.5, 0.6) is 11.5 Å². The fraction of sp³-hybridized carbons (Fsp3) is 0.462. The second-order valence-corrected chi connectivity index (χ2v) is 4.15. The average molecular weight is 253 g/mol. The van der Waals surface area contributed by atoms with Crippen molar-refractivity contribution in [2.24, 2.45) is 0 Å². The zero-order valence-electron chi connectivity index (χ0n) is 10.9. The number of carbonyl (C=O) groups is 1. The number of likely N-dealkylation sites (N-methyl/N-ethyl adjacent to an activating group) is 1. The van der Waals surface area contributed by atoms with Crippen molar-refractivity contribution in [3.63, 3.8) is 0 Å².